The third-order valence-corrected chi connectivity index (χ3v) is 4.30. The van der Waals surface area contributed by atoms with Crippen LogP contribution in [0, 0.1) is 5.82 Å². The molecule has 0 bridgehead atoms. The van der Waals surface area contributed by atoms with Gasteiger partial charge in [0.15, 0.2) is 0 Å². The molecule has 1 fully saturated rings. The molecule has 2 rings (SSSR count). The van der Waals surface area contributed by atoms with Gasteiger partial charge in [-0.15, -0.1) is 0 Å². The molecular weight excluding hydrogens is 321 g/mol. The smallest absolute Gasteiger partial charge is 0.237 e. The maximum absolute atomic E-state index is 13.1. The number of halogens is 1. The topological polar surface area (TPSA) is 52.7 Å². The normalized spacial score (nSPS) is 17.9. The van der Waals surface area contributed by atoms with E-state index in [0.717, 1.165) is 11.1 Å². The average molecular weight is 347 g/mol. The third-order valence-electron chi connectivity index (χ3n) is 4.30. The van der Waals surface area contributed by atoms with E-state index in [1.54, 1.807) is 17.0 Å². The molecule has 136 valence electrons. The zero-order valence-electron chi connectivity index (χ0n) is 14.9. The van der Waals surface area contributed by atoms with Crippen LogP contribution in [0.1, 0.15) is 25.8 Å². The molecule has 0 aliphatic carbocycles. The van der Waals surface area contributed by atoms with Gasteiger partial charge in [0.05, 0.1) is 12.5 Å². The lowest BCUT2D eigenvalue weighted by atomic mass is 10.1. The van der Waals surface area contributed by atoms with Crippen LogP contribution < -0.4 is 5.32 Å². The minimum atomic E-state index is -0.509. The Morgan fingerprint density at radius 2 is 2.08 bits per heavy atom. The molecule has 5 nitrogen and oxygen atoms in total. The summed E-state index contributed by atoms with van der Waals surface area (Å²) in [6, 6.07) is 5.72. The first kappa shape index (κ1) is 19.1. The Hall–Kier alpha value is -2.21. The number of nitrogens with one attached hydrogen (secondary N) is 1. The Labute approximate surface area is 148 Å². The van der Waals surface area contributed by atoms with Crippen LogP contribution in [-0.4, -0.2) is 53.8 Å². The van der Waals surface area contributed by atoms with Gasteiger partial charge in [0.2, 0.25) is 11.8 Å². The standard InChI is InChI=1S/C19H26FN3O2/c1-4-22(12-14(2)3)18(24)11-17-19(25)21-9-10-23(17)13-15-5-7-16(20)8-6-15/h5-8,17H,2,4,9-13H2,1,3H3,(H,21,25). The number of hydrogen-bond acceptors (Lipinski definition) is 3. The van der Waals surface area contributed by atoms with Crippen LogP contribution in [0.4, 0.5) is 4.39 Å². The molecular formula is C19H26FN3O2. The largest absolute Gasteiger partial charge is 0.353 e. The fourth-order valence-corrected chi connectivity index (χ4v) is 2.99. The predicted octanol–water partition coefficient (Wildman–Crippen LogP) is 1.94. The van der Waals surface area contributed by atoms with E-state index in [1.807, 2.05) is 18.7 Å². The molecule has 0 aromatic heterocycles. The summed E-state index contributed by atoms with van der Waals surface area (Å²) in [5, 5.41) is 2.83. The number of likely N-dealkylation sites (N-methyl/N-ethyl adjacent to an activating group) is 1. The quantitative estimate of drug-likeness (QED) is 0.767. The number of carbonyl (C=O) groups excluding carboxylic acids is 2. The van der Waals surface area contributed by atoms with E-state index in [4.69, 9.17) is 0 Å². The van der Waals surface area contributed by atoms with Gasteiger partial charge in [-0.1, -0.05) is 24.3 Å². The minimum absolute atomic E-state index is 0.0587. The molecule has 2 amide bonds. The molecule has 1 aliphatic rings. The van der Waals surface area contributed by atoms with Crippen LogP contribution in [0.2, 0.25) is 0 Å². The molecule has 6 heteroatoms. The first-order valence-electron chi connectivity index (χ1n) is 8.59. The number of piperazine rings is 1. The number of rotatable bonds is 7. The Morgan fingerprint density at radius 1 is 1.40 bits per heavy atom. The van der Waals surface area contributed by atoms with Gasteiger partial charge in [0, 0.05) is 32.7 Å². The number of amides is 2. The molecule has 25 heavy (non-hydrogen) atoms. The van der Waals surface area contributed by atoms with Gasteiger partial charge in [-0.25, -0.2) is 4.39 Å². The molecule has 1 saturated heterocycles. The van der Waals surface area contributed by atoms with Gasteiger partial charge >= 0.3 is 0 Å². The van der Waals surface area contributed by atoms with Crippen LogP contribution >= 0.6 is 0 Å². The van der Waals surface area contributed by atoms with Gasteiger partial charge in [0.1, 0.15) is 5.82 Å². The number of carbonyl (C=O) groups is 2. The van der Waals surface area contributed by atoms with Gasteiger partial charge < -0.3 is 10.2 Å². The highest BCUT2D eigenvalue weighted by atomic mass is 19.1. The van der Waals surface area contributed by atoms with Crippen molar-refractivity contribution in [2.24, 2.45) is 0 Å². The Bertz CT molecular complexity index is 630. The third kappa shape index (κ3) is 5.39. The maximum Gasteiger partial charge on any atom is 0.237 e. The van der Waals surface area contributed by atoms with E-state index in [9.17, 15) is 14.0 Å². The molecule has 1 heterocycles. The van der Waals surface area contributed by atoms with Crippen molar-refractivity contribution >= 4 is 11.8 Å². The van der Waals surface area contributed by atoms with E-state index in [-0.39, 0.29) is 24.1 Å². The second kappa shape index (κ2) is 8.76. The summed E-state index contributed by atoms with van der Waals surface area (Å²) in [5.41, 5.74) is 1.83. The highest BCUT2D eigenvalue weighted by molar-refractivity contribution is 5.89. The van der Waals surface area contributed by atoms with E-state index < -0.39 is 6.04 Å². The lowest BCUT2D eigenvalue weighted by Crippen LogP contribution is -2.56. The minimum Gasteiger partial charge on any atom is -0.353 e. The Morgan fingerprint density at radius 3 is 2.68 bits per heavy atom. The van der Waals surface area contributed by atoms with Gasteiger partial charge in [-0.3, -0.25) is 14.5 Å². The zero-order valence-corrected chi connectivity index (χ0v) is 14.9. The summed E-state index contributed by atoms with van der Waals surface area (Å²) < 4.78 is 13.1. The molecule has 0 radical (unpaired) electrons. The van der Waals surface area contributed by atoms with Gasteiger partial charge in [-0.05, 0) is 31.5 Å². The van der Waals surface area contributed by atoms with Crippen molar-refractivity contribution in [2.45, 2.75) is 32.9 Å². The predicted molar refractivity (Wildman–Crippen MR) is 95.3 cm³/mol. The lowest BCUT2D eigenvalue weighted by Gasteiger charge is -2.35. The van der Waals surface area contributed by atoms with Crippen molar-refractivity contribution in [3.05, 3.63) is 47.8 Å². The van der Waals surface area contributed by atoms with Crippen molar-refractivity contribution in [1.29, 1.82) is 0 Å². The van der Waals surface area contributed by atoms with Crippen molar-refractivity contribution < 1.29 is 14.0 Å². The summed E-state index contributed by atoms with van der Waals surface area (Å²) in [4.78, 5) is 28.6. The van der Waals surface area contributed by atoms with Crippen LogP contribution in [0.15, 0.2) is 36.4 Å². The number of hydrogen-bond donors (Lipinski definition) is 1. The van der Waals surface area contributed by atoms with E-state index in [2.05, 4.69) is 11.9 Å². The molecule has 0 spiro atoms. The second-order valence-corrected chi connectivity index (χ2v) is 6.47. The van der Waals surface area contributed by atoms with E-state index >= 15 is 0 Å². The summed E-state index contributed by atoms with van der Waals surface area (Å²) in [5.74, 6) is -0.477. The summed E-state index contributed by atoms with van der Waals surface area (Å²) in [6.45, 7) is 10.4. The molecule has 1 aromatic carbocycles. The molecule has 1 unspecified atom stereocenters. The summed E-state index contributed by atoms with van der Waals surface area (Å²) >= 11 is 0. The van der Waals surface area contributed by atoms with Gasteiger partial charge in [0.25, 0.3) is 0 Å². The van der Waals surface area contributed by atoms with Crippen LogP contribution in [0.5, 0.6) is 0 Å². The summed E-state index contributed by atoms with van der Waals surface area (Å²) in [6.07, 6.45) is 0.133. The highest BCUT2D eigenvalue weighted by Crippen LogP contribution is 2.16. The fourth-order valence-electron chi connectivity index (χ4n) is 2.99. The molecule has 0 saturated carbocycles. The van der Waals surface area contributed by atoms with Crippen molar-refractivity contribution in [2.75, 3.05) is 26.2 Å². The first-order chi connectivity index (χ1) is 11.9. The van der Waals surface area contributed by atoms with Crippen LogP contribution in [0.3, 0.4) is 0 Å². The van der Waals surface area contributed by atoms with Crippen molar-refractivity contribution in [1.82, 2.24) is 15.1 Å². The first-order valence-corrected chi connectivity index (χ1v) is 8.59. The number of benzene rings is 1. The molecule has 1 N–H and O–H groups in total. The Balaban J connectivity index is 2.08. The molecule has 1 atom stereocenters. The maximum atomic E-state index is 13.1. The van der Waals surface area contributed by atoms with Crippen LogP contribution in [0.25, 0.3) is 0 Å². The monoisotopic (exact) mass is 347 g/mol. The lowest BCUT2D eigenvalue weighted by molar-refractivity contribution is -0.138. The highest BCUT2D eigenvalue weighted by Gasteiger charge is 2.32. The summed E-state index contributed by atoms with van der Waals surface area (Å²) in [7, 11) is 0. The zero-order chi connectivity index (χ0) is 18.4. The Kier molecular flexibility index (Phi) is 6.70. The SMILES string of the molecule is C=C(C)CN(CC)C(=O)CC1C(=O)NCCN1Cc1ccc(F)cc1. The second-order valence-electron chi connectivity index (χ2n) is 6.47. The fraction of sp³-hybridized carbons (Fsp3) is 0.474. The van der Waals surface area contributed by atoms with Crippen molar-refractivity contribution in [3.8, 4) is 0 Å². The van der Waals surface area contributed by atoms with Gasteiger partial charge in [-0.2, -0.15) is 0 Å². The molecule has 1 aromatic rings. The van der Waals surface area contributed by atoms with E-state index in [0.29, 0.717) is 32.7 Å². The number of nitrogens with zero attached hydrogens (tertiary/aromatic N) is 2. The average Bonchev–Trinajstić information content (AvgIpc) is 2.57. The molecule has 1 aliphatic heterocycles. The van der Waals surface area contributed by atoms with Crippen LogP contribution in [-0.2, 0) is 16.1 Å². The van der Waals surface area contributed by atoms with E-state index in [1.165, 1.54) is 12.1 Å². The van der Waals surface area contributed by atoms with Crippen molar-refractivity contribution in [3.63, 3.8) is 0 Å².